The first kappa shape index (κ1) is 26.1. The van der Waals surface area contributed by atoms with Crippen molar-refractivity contribution in [1.82, 2.24) is 4.90 Å². The highest BCUT2D eigenvalue weighted by Gasteiger charge is 2.43. The summed E-state index contributed by atoms with van der Waals surface area (Å²) in [5.41, 5.74) is 8.09. The van der Waals surface area contributed by atoms with Crippen LogP contribution in [0.15, 0.2) is 95.3 Å². The Labute approximate surface area is 236 Å². The van der Waals surface area contributed by atoms with Gasteiger partial charge in [-0.15, -0.1) is 0 Å². The average Bonchev–Trinajstić information content (AvgIpc) is 2.98. The molecule has 0 spiro atoms. The van der Waals surface area contributed by atoms with Crippen molar-refractivity contribution in [2.75, 3.05) is 7.11 Å². The highest BCUT2D eigenvalue weighted by molar-refractivity contribution is 6.06. The summed E-state index contributed by atoms with van der Waals surface area (Å²) in [6.45, 7) is 3.16. The van der Waals surface area contributed by atoms with Crippen molar-refractivity contribution in [2.24, 2.45) is 0 Å². The largest absolute Gasteiger partial charge is 0.493 e. The van der Waals surface area contributed by atoms with Gasteiger partial charge in [-0.3, -0.25) is 9.59 Å². The molecule has 0 saturated carbocycles. The standard InChI is InChI=1S/C35H35NO4/c1-23-14-16-25(17-15-23)22-40-31-19-18-26(20-32(31)39-2)33-34-27(10-6-12-29(34)37)36(21-24-8-4-3-5-9-24)28-11-7-13-30(38)35(28)33/h3-5,8-9,14-20,33H,6-7,10-13,21-22H2,1-2H3. The molecule has 6 rings (SSSR count). The van der Waals surface area contributed by atoms with E-state index >= 15 is 0 Å². The van der Waals surface area contributed by atoms with Gasteiger partial charge in [0.15, 0.2) is 23.1 Å². The number of benzene rings is 3. The number of aryl methyl sites for hydroxylation is 1. The molecule has 3 aromatic carbocycles. The van der Waals surface area contributed by atoms with Crippen LogP contribution in [0.4, 0.5) is 0 Å². The van der Waals surface area contributed by atoms with Gasteiger partial charge in [-0.05, 0) is 61.4 Å². The molecule has 0 saturated heterocycles. The summed E-state index contributed by atoms with van der Waals surface area (Å²) >= 11 is 0. The molecular weight excluding hydrogens is 498 g/mol. The van der Waals surface area contributed by atoms with Crippen LogP contribution >= 0.6 is 0 Å². The van der Waals surface area contributed by atoms with E-state index in [1.165, 1.54) is 11.1 Å². The predicted molar refractivity (Wildman–Crippen MR) is 155 cm³/mol. The minimum atomic E-state index is -0.377. The number of ether oxygens (including phenoxy) is 2. The molecule has 1 aliphatic heterocycles. The lowest BCUT2D eigenvalue weighted by Crippen LogP contribution is -2.38. The smallest absolute Gasteiger partial charge is 0.161 e. The first-order valence-electron chi connectivity index (χ1n) is 14.2. The van der Waals surface area contributed by atoms with Gasteiger partial charge in [-0.1, -0.05) is 66.2 Å². The maximum atomic E-state index is 13.6. The third-order valence-corrected chi connectivity index (χ3v) is 8.31. The number of carbonyl (C=O) groups excluding carboxylic acids is 2. The normalized spacial score (nSPS) is 17.6. The molecule has 0 N–H and O–H groups in total. The van der Waals surface area contributed by atoms with Gasteiger partial charge in [0.2, 0.25) is 0 Å². The van der Waals surface area contributed by atoms with Gasteiger partial charge in [-0.2, -0.15) is 0 Å². The summed E-state index contributed by atoms with van der Waals surface area (Å²) in [4.78, 5) is 29.5. The summed E-state index contributed by atoms with van der Waals surface area (Å²) in [5, 5.41) is 0. The molecule has 5 heteroatoms. The van der Waals surface area contributed by atoms with E-state index in [2.05, 4.69) is 48.2 Å². The van der Waals surface area contributed by atoms with Crippen molar-refractivity contribution in [3.63, 3.8) is 0 Å². The SMILES string of the molecule is COc1cc(C2C3=C(CCCC3=O)N(Cc3ccccc3)C3=C2C(=O)CCC3)ccc1OCc1ccc(C)cc1. The minimum Gasteiger partial charge on any atom is -0.493 e. The molecule has 204 valence electrons. The van der Waals surface area contributed by atoms with E-state index in [1.54, 1.807) is 7.11 Å². The number of ketones is 2. The molecule has 0 fully saturated rings. The van der Waals surface area contributed by atoms with Gasteiger partial charge in [-0.25, -0.2) is 0 Å². The van der Waals surface area contributed by atoms with Crippen LogP contribution < -0.4 is 9.47 Å². The predicted octanol–water partition coefficient (Wildman–Crippen LogP) is 7.20. The van der Waals surface area contributed by atoms with Crippen molar-refractivity contribution < 1.29 is 19.1 Å². The zero-order chi connectivity index (χ0) is 27.6. The molecule has 0 amide bonds. The average molecular weight is 534 g/mol. The third kappa shape index (κ3) is 4.97. The fraction of sp³-hybridized carbons (Fsp3) is 0.314. The van der Waals surface area contributed by atoms with Crippen molar-refractivity contribution in [1.29, 1.82) is 0 Å². The fourth-order valence-corrected chi connectivity index (χ4v) is 6.34. The van der Waals surface area contributed by atoms with Crippen LogP contribution in [0.2, 0.25) is 0 Å². The number of Topliss-reactive ketones (excluding diaryl/α,β-unsaturated/α-hetero) is 2. The van der Waals surface area contributed by atoms with Gasteiger partial charge in [0.05, 0.1) is 7.11 Å². The van der Waals surface area contributed by atoms with Gasteiger partial charge < -0.3 is 14.4 Å². The molecule has 0 radical (unpaired) electrons. The molecular formula is C35H35NO4. The Morgan fingerprint density at radius 3 is 2.02 bits per heavy atom. The lowest BCUT2D eigenvalue weighted by Gasteiger charge is -2.44. The number of hydrogen-bond acceptors (Lipinski definition) is 5. The topological polar surface area (TPSA) is 55.8 Å². The molecule has 0 unspecified atom stereocenters. The van der Waals surface area contributed by atoms with Crippen LogP contribution in [0.25, 0.3) is 0 Å². The Balaban J connectivity index is 1.40. The monoisotopic (exact) mass is 533 g/mol. The lowest BCUT2D eigenvalue weighted by atomic mass is 9.71. The Kier molecular flexibility index (Phi) is 7.29. The zero-order valence-corrected chi connectivity index (χ0v) is 23.2. The Hall–Kier alpha value is -4.12. The molecule has 40 heavy (non-hydrogen) atoms. The van der Waals surface area contributed by atoms with Crippen molar-refractivity contribution in [2.45, 2.75) is 64.5 Å². The van der Waals surface area contributed by atoms with Crippen LogP contribution in [-0.2, 0) is 22.7 Å². The second-order valence-corrected chi connectivity index (χ2v) is 11.0. The molecule has 3 aromatic rings. The van der Waals surface area contributed by atoms with E-state index < -0.39 is 0 Å². The summed E-state index contributed by atoms with van der Waals surface area (Å²) in [6, 6.07) is 24.5. The van der Waals surface area contributed by atoms with Crippen molar-refractivity contribution in [3.05, 3.63) is 118 Å². The third-order valence-electron chi connectivity index (χ3n) is 8.31. The summed E-state index contributed by atoms with van der Waals surface area (Å²) in [6.07, 6.45) is 4.37. The van der Waals surface area contributed by atoms with E-state index in [0.29, 0.717) is 37.5 Å². The Morgan fingerprint density at radius 1 is 0.750 bits per heavy atom. The summed E-state index contributed by atoms with van der Waals surface area (Å²) < 4.78 is 11.9. The van der Waals surface area contributed by atoms with E-state index in [1.807, 2.05) is 36.4 Å². The minimum absolute atomic E-state index is 0.146. The number of carbonyl (C=O) groups is 2. The molecule has 1 heterocycles. The molecule has 2 aliphatic carbocycles. The Bertz CT molecular complexity index is 1460. The number of methoxy groups -OCH3 is 1. The van der Waals surface area contributed by atoms with Gasteiger partial charge in [0.25, 0.3) is 0 Å². The number of allylic oxidation sites excluding steroid dienone is 4. The maximum absolute atomic E-state index is 13.6. The van der Waals surface area contributed by atoms with Crippen LogP contribution in [-0.4, -0.2) is 23.6 Å². The summed E-state index contributed by atoms with van der Waals surface area (Å²) in [7, 11) is 1.63. The first-order chi connectivity index (χ1) is 19.5. The van der Waals surface area contributed by atoms with E-state index in [4.69, 9.17) is 9.47 Å². The number of nitrogens with zero attached hydrogens (tertiary/aromatic N) is 1. The molecule has 0 bridgehead atoms. The van der Waals surface area contributed by atoms with Crippen LogP contribution in [0.1, 0.15) is 66.7 Å². The summed E-state index contributed by atoms with van der Waals surface area (Å²) in [5.74, 6) is 1.16. The van der Waals surface area contributed by atoms with E-state index in [9.17, 15) is 9.59 Å². The van der Waals surface area contributed by atoms with Crippen molar-refractivity contribution >= 4 is 11.6 Å². The second-order valence-electron chi connectivity index (χ2n) is 11.0. The number of hydrogen-bond donors (Lipinski definition) is 0. The van der Waals surface area contributed by atoms with Crippen molar-refractivity contribution in [3.8, 4) is 11.5 Å². The second kappa shape index (κ2) is 11.2. The van der Waals surface area contributed by atoms with Crippen LogP contribution in [0, 0.1) is 6.92 Å². The molecule has 3 aliphatic rings. The van der Waals surface area contributed by atoms with E-state index in [-0.39, 0.29) is 17.5 Å². The highest BCUT2D eigenvalue weighted by Crippen LogP contribution is 2.50. The van der Waals surface area contributed by atoms with Gasteiger partial charge >= 0.3 is 0 Å². The maximum Gasteiger partial charge on any atom is 0.161 e. The van der Waals surface area contributed by atoms with Crippen LogP contribution in [0.3, 0.4) is 0 Å². The molecule has 5 nitrogen and oxygen atoms in total. The zero-order valence-electron chi connectivity index (χ0n) is 23.2. The molecule has 0 aromatic heterocycles. The highest BCUT2D eigenvalue weighted by atomic mass is 16.5. The van der Waals surface area contributed by atoms with Crippen LogP contribution in [0.5, 0.6) is 11.5 Å². The van der Waals surface area contributed by atoms with E-state index in [0.717, 1.165) is 59.4 Å². The number of rotatable bonds is 7. The molecule has 0 atom stereocenters. The first-order valence-corrected chi connectivity index (χ1v) is 14.2. The Morgan fingerprint density at radius 2 is 1.40 bits per heavy atom. The van der Waals surface area contributed by atoms with Gasteiger partial charge in [0.1, 0.15) is 6.61 Å². The quantitative estimate of drug-likeness (QED) is 0.322. The lowest BCUT2D eigenvalue weighted by molar-refractivity contribution is -0.117. The fourth-order valence-electron chi connectivity index (χ4n) is 6.34. The van der Waals surface area contributed by atoms with Gasteiger partial charge in [0, 0.05) is 47.8 Å².